The molecule has 3 heteroatoms. The lowest BCUT2D eigenvalue weighted by Gasteiger charge is -2.01. The summed E-state index contributed by atoms with van der Waals surface area (Å²) in [6.07, 6.45) is 1.23. The summed E-state index contributed by atoms with van der Waals surface area (Å²) in [6.45, 7) is 7.89. The molecular formula is C10H16FNO. The van der Waals surface area contributed by atoms with Gasteiger partial charge in [0.2, 0.25) is 0 Å². The van der Waals surface area contributed by atoms with E-state index in [2.05, 4.69) is 0 Å². The average Bonchev–Trinajstić information content (AvgIpc) is 2.15. The van der Waals surface area contributed by atoms with Crippen LogP contribution in [0.4, 0.5) is 4.39 Å². The van der Waals surface area contributed by atoms with Crippen LogP contribution in [0.5, 0.6) is 0 Å². The van der Waals surface area contributed by atoms with Crippen LogP contribution in [0, 0.1) is 12.7 Å². The lowest BCUT2D eigenvalue weighted by Crippen LogP contribution is -2.18. The van der Waals surface area contributed by atoms with E-state index in [1.54, 1.807) is 13.8 Å². The molecule has 0 aliphatic carbocycles. The standard InChI is InChI=1S/C8H10FNO.C2H6/c1-3-10-5-7(9)6(2)4-8(10)11;1-2/h4-5H,3H2,1-2H3;1-2H3. The van der Waals surface area contributed by atoms with Crippen LogP contribution >= 0.6 is 0 Å². The van der Waals surface area contributed by atoms with Crippen molar-refractivity contribution in [3.63, 3.8) is 0 Å². The number of rotatable bonds is 1. The summed E-state index contributed by atoms with van der Waals surface area (Å²) in [5, 5.41) is 0. The van der Waals surface area contributed by atoms with Gasteiger partial charge in [0, 0.05) is 18.8 Å². The third-order valence-corrected chi connectivity index (χ3v) is 1.61. The molecule has 74 valence electrons. The molecule has 0 aliphatic rings. The van der Waals surface area contributed by atoms with E-state index in [9.17, 15) is 9.18 Å². The van der Waals surface area contributed by atoms with Crippen molar-refractivity contribution in [2.24, 2.45) is 0 Å². The SMILES string of the molecule is CC.CCn1cc(F)c(C)cc1=O. The molecule has 0 N–H and O–H groups in total. The quantitative estimate of drug-likeness (QED) is 0.658. The Hall–Kier alpha value is -1.12. The molecule has 0 aromatic carbocycles. The lowest BCUT2D eigenvalue weighted by molar-refractivity contribution is 0.582. The molecule has 0 bridgehead atoms. The zero-order valence-corrected chi connectivity index (χ0v) is 8.60. The largest absolute Gasteiger partial charge is 0.313 e. The van der Waals surface area contributed by atoms with Crippen LogP contribution in [0.3, 0.4) is 0 Å². The monoisotopic (exact) mass is 185 g/mol. The Bertz CT molecular complexity index is 317. The van der Waals surface area contributed by atoms with Gasteiger partial charge in [-0.2, -0.15) is 0 Å². The molecule has 13 heavy (non-hydrogen) atoms. The fourth-order valence-corrected chi connectivity index (χ4v) is 0.886. The van der Waals surface area contributed by atoms with Gasteiger partial charge in [0.05, 0.1) is 0 Å². The van der Waals surface area contributed by atoms with Crippen LogP contribution in [0.2, 0.25) is 0 Å². The summed E-state index contributed by atoms with van der Waals surface area (Å²) in [5.74, 6) is -0.327. The van der Waals surface area contributed by atoms with Crippen molar-refractivity contribution in [3.05, 3.63) is 34.0 Å². The van der Waals surface area contributed by atoms with Crippen LogP contribution in [0.25, 0.3) is 0 Å². The number of aromatic nitrogens is 1. The molecule has 0 radical (unpaired) electrons. The summed E-state index contributed by atoms with van der Waals surface area (Å²) < 4.78 is 14.1. The van der Waals surface area contributed by atoms with Gasteiger partial charge in [-0.1, -0.05) is 13.8 Å². The summed E-state index contributed by atoms with van der Waals surface area (Å²) in [7, 11) is 0. The van der Waals surface area contributed by atoms with Crippen molar-refractivity contribution < 1.29 is 4.39 Å². The van der Waals surface area contributed by atoms with E-state index >= 15 is 0 Å². The van der Waals surface area contributed by atoms with Crippen LogP contribution in [-0.2, 0) is 6.54 Å². The number of pyridine rings is 1. The van der Waals surface area contributed by atoms with Gasteiger partial charge in [0.25, 0.3) is 5.56 Å². The Morgan fingerprint density at radius 3 is 2.46 bits per heavy atom. The van der Waals surface area contributed by atoms with Crippen molar-refractivity contribution in [3.8, 4) is 0 Å². The molecule has 0 aliphatic heterocycles. The zero-order chi connectivity index (χ0) is 10.4. The molecule has 0 spiro atoms. The summed E-state index contributed by atoms with van der Waals surface area (Å²) in [4.78, 5) is 11.0. The Morgan fingerprint density at radius 1 is 1.46 bits per heavy atom. The molecule has 1 heterocycles. The maximum Gasteiger partial charge on any atom is 0.250 e. The molecule has 0 amide bonds. The van der Waals surface area contributed by atoms with E-state index in [0.29, 0.717) is 12.1 Å². The number of hydrogen-bond donors (Lipinski definition) is 0. The first-order valence-electron chi connectivity index (χ1n) is 4.51. The number of nitrogens with zero attached hydrogens (tertiary/aromatic N) is 1. The minimum absolute atomic E-state index is 0.147. The predicted octanol–water partition coefficient (Wildman–Crippen LogP) is 2.34. The van der Waals surface area contributed by atoms with Gasteiger partial charge in [-0.25, -0.2) is 4.39 Å². The maximum atomic E-state index is 12.8. The van der Waals surface area contributed by atoms with Gasteiger partial charge in [0.1, 0.15) is 5.82 Å². The maximum absolute atomic E-state index is 12.8. The van der Waals surface area contributed by atoms with E-state index in [-0.39, 0.29) is 11.4 Å². The second-order valence-corrected chi connectivity index (χ2v) is 2.43. The highest BCUT2D eigenvalue weighted by atomic mass is 19.1. The molecule has 0 fully saturated rings. The first-order chi connectivity index (χ1) is 6.15. The fourth-order valence-electron chi connectivity index (χ4n) is 0.886. The summed E-state index contributed by atoms with van der Waals surface area (Å²) in [6, 6.07) is 1.30. The Balaban J connectivity index is 0.000000671. The molecule has 1 aromatic heterocycles. The average molecular weight is 185 g/mol. The van der Waals surface area contributed by atoms with Crippen molar-refractivity contribution in [1.29, 1.82) is 0 Å². The highest BCUT2D eigenvalue weighted by Crippen LogP contribution is 1.99. The van der Waals surface area contributed by atoms with E-state index in [0.717, 1.165) is 0 Å². The molecule has 0 atom stereocenters. The number of halogens is 1. The predicted molar refractivity (Wildman–Crippen MR) is 52.4 cm³/mol. The van der Waals surface area contributed by atoms with Gasteiger partial charge < -0.3 is 4.57 Å². The van der Waals surface area contributed by atoms with Gasteiger partial charge in [-0.15, -0.1) is 0 Å². The third kappa shape index (κ3) is 3.01. The van der Waals surface area contributed by atoms with Crippen molar-refractivity contribution in [2.75, 3.05) is 0 Å². The van der Waals surface area contributed by atoms with Crippen molar-refractivity contribution in [2.45, 2.75) is 34.2 Å². The van der Waals surface area contributed by atoms with E-state index in [1.165, 1.54) is 16.8 Å². The van der Waals surface area contributed by atoms with Crippen molar-refractivity contribution in [1.82, 2.24) is 4.57 Å². The molecule has 0 unspecified atom stereocenters. The third-order valence-electron chi connectivity index (χ3n) is 1.61. The molecule has 1 rings (SSSR count). The zero-order valence-electron chi connectivity index (χ0n) is 8.60. The van der Waals surface area contributed by atoms with Crippen LogP contribution < -0.4 is 5.56 Å². The molecule has 2 nitrogen and oxygen atoms in total. The lowest BCUT2D eigenvalue weighted by atomic mass is 10.3. The smallest absolute Gasteiger partial charge is 0.250 e. The molecule has 0 saturated carbocycles. The normalized spacial score (nSPS) is 9.00. The summed E-state index contributed by atoms with van der Waals surface area (Å²) in [5.41, 5.74) is 0.256. The minimum Gasteiger partial charge on any atom is -0.313 e. The second kappa shape index (κ2) is 5.51. The van der Waals surface area contributed by atoms with Gasteiger partial charge in [-0.05, 0) is 19.4 Å². The van der Waals surface area contributed by atoms with Crippen LogP contribution in [-0.4, -0.2) is 4.57 Å². The van der Waals surface area contributed by atoms with E-state index < -0.39 is 0 Å². The minimum atomic E-state index is -0.327. The van der Waals surface area contributed by atoms with Gasteiger partial charge >= 0.3 is 0 Å². The van der Waals surface area contributed by atoms with Gasteiger partial charge in [-0.3, -0.25) is 4.79 Å². The van der Waals surface area contributed by atoms with Crippen LogP contribution in [0.1, 0.15) is 26.3 Å². The topological polar surface area (TPSA) is 22.0 Å². The molecule has 1 aromatic rings. The molecular weight excluding hydrogens is 169 g/mol. The first kappa shape index (κ1) is 11.9. The Labute approximate surface area is 78.0 Å². The highest BCUT2D eigenvalue weighted by Gasteiger charge is 1.99. The van der Waals surface area contributed by atoms with E-state index in [1.807, 2.05) is 13.8 Å². The number of aryl methyl sites for hydroxylation is 2. The highest BCUT2D eigenvalue weighted by molar-refractivity contribution is 5.10. The van der Waals surface area contributed by atoms with E-state index in [4.69, 9.17) is 0 Å². The Morgan fingerprint density at radius 2 is 2.00 bits per heavy atom. The molecule has 0 saturated heterocycles. The fraction of sp³-hybridized carbons (Fsp3) is 0.500. The number of hydrogen-bond acceptors (Lipinski definition) is 1. The first-order valence-corrected chi connectivity index (χ1v) is 4.51. The summed E-state index contributed by atoms with van der Waals surface area (Å²) >= 11 is 0. The Kier molecular flexibility index (Phi) is 5.04. The van der Waals surface area contributed by atoms with Crippen molar-refractivity contribution >= 4 is 0 Å². The van der Waals surface area contributed by atoms with Crippen LogP contribution in [0.15, 0.2) is 17.1 Å². The van der Waals surface area contributed by atoms with Gasteiger partial charge in [0.15, 0.2) is 0 Å². The second-order valence-electron chi connectivity index (χ2n) is 2.43.